The first kappa shape index (κ1) is 13.7. The smallest absolute Gasteiger partial charge is 0.0213 e. The molecule has 1 aromatic rings. The Bertz CT molecular complexity index is 275. The number of rotatable bonds is 6. The van der Waals surface area contributed by atoms with Crippen molar-refractivity contribution in [2.45, 2.75) is 33.7 Å². The summed E-state index contributed by atoms with van der Waals surface area (Å²) in [5.41, 5.74) is 7.54. The van der Waals surface area contributed by atoms with Gasteiger partial charge in [-0.3, -0.25) is 0 Å². The van der Waals surface area contributed by atoms with Crippen LogP contribution < -0.4 is 11.1 Å². The summed E-state index contributed by atoms with van der Waals surface area (Å²) in [5.74, 6) is 0.582. The Labute approximate surface area is 103 Å². The van der Waals surface area contributed by atoms with Gasteiger partial charge in [-0.1, -0.05) is 20.8 Å². The minimum Gasteiger partial charge on any atom is -0.330 e. The van der Waals surface area contributed by atoms with Gasteiger partial charge in [0, 0.05) is 6.54 Å². The highest BCUT2D eigenvalue weighted by Crippen LogP contribution is 2.23. The van der Waals surface area contributed by atoms with Crippen LogP contribution in [-0.2, 0) is 6.54 Å². The quantitative estimate of drug-likeness (QED) is 0.802. The Morgan fingerprint density at radius 3 is 2.69 bits per heavy atom. The monoisotopic (exact) mass is 240 g/mol. The van der Waals surface area contributed by atoms with E-state index in [0.717, 1.165) is 19.6 Å². The maximum Gasteiger partial charge on any atom is 0.0213 e. The van der Waals surface area contributed by atoms with E-state index >= 15 is 0 Å². The molecular weight excluding hydrogens is 216 g/mol. The Kier molecular flexibility index (Phi) is 5.46. The van der Waals surface area contributed by atoms with Crippen LogP contribution in [0.4, 0.5) is 0 Å². The number of hydrogen-bond acceptors (Lipinski definition) is 3. The largest absolute Gasteiger partial charge is 0.330 e. The first-order valence-electron chi connectivity index (χ1n) is 5.93. The molecule has 0 spiro atoms. The van der Waals surface area contributed by atoms with Gasteiger partial charge in [-0.25, -0.2) is 0 Å². The van der Waals surface area contributed by atoms with Gasteiger partial charge in [0.1, 0.15) is 0 Å². The molecule has 1 rings (SSSR count). The van der Waals surface area contributed by atoms with Gasteiger partial charge in [-0.2, -0.15) is 11.3 Å². The molecule has 0 aliphatic rings. The molecule has 0 aliphatic heterocycles. The number of thiophene rings is 1. The molecule has 3 heteroatoms. The fraction of sp³-hybridized carbons (Fsp3) is 0.692. The summed E-state index contributed by atoms with van der Waals surface area (Å²) >= 11 is 1.75. The molecule has 1 heterocycles. The average molecular weight is 240 g/mol. The predicted octanol–water partition coefficient (Wildman–Crippen LogP) is 2.85. The van der Waals surface area contributed by atoms with Crippen molar-refractivity contribution >= 4 is 11.3 Å². The van der Waals surface area contributed by atoms with Crippen molar-refractivity contribution in [3.05, 3.63) is 22.4 Å². The van der Waals surface area contributed by atoms with Crippen LogP contribution in [0.1, 0.15) is 32.8 Å². The van der Waals surface area contributed by atoms with E-state index in [1.165, 1.54) is 12.0 Å². The summed E-state index contributed by atoms with van der Waals surface area (Å²) in [5, 5.41) is 7.79. The van der Waals surface area contributed by atoms with Gasteiger partial charge in [0.25, 0.3) is 0 Å². The van der Waals surface area contributed by atoms with Crippen molar-refractivity contribution in [2.24, 2.45) is 17.1 Å². The molecule has 1 atom stereocenters. The van der Waals surface area contributed by atoms with Crippen molar-refractivity contribution in [2.75, 3.05) is 13.1 Å². The molecule has 0 radical (unpaired) electrons. The zero-order valence-electron chi connectivity index (χ0n) is 10.6. The zero-order chi connectivity index (χ0) is 12.0. The first-order valence-corrected chi connectivity index (χ1v) is 6.87. The van der Waals surface area contributed by atoms with Crippen LogP contribution in [0, 0.1) is 11.3 Å². The van der Waals surface area contributed by atoms with Crippen LogP contribution in [0.25, 0.3) is 0 Å². The van der Waals surface area contributed by atoms with E-state index in [2.05, 4.69) is 42.9 Å². The molecule has 0 aromatic carbocycles. The fourth-order valence-electron chi connectivity index (χ4n) is 1.92. The molecule has 0 bridgehead atoms. The second-order valence-electron chi connectivity index (χ2n) is 5.63. The van der Waals surface area contributed by atoms with E-state index in [1.54, 1.807) is 11.3 Å². The van der Waals surface area contributed by atoms with Crippen molar-refractivity contribution in [1.29, 1.82) is 0 Å². The number of nitrogens with two attached hydrogens (primary N) is 1. The summed E-state index contributed by atoms with van der Waals surface area (Å²) in [6, 6.07) is 2.17. The molecule has 2 nitrogen and oxygen atoms in total. The first-order chi connectivity index (χ1) is 7.51. The summed E-state index contributed by atoms with van der Waals surface area (Å²) < 4.78 is 0. The van der Waals surface area contributed by atoms with Gasteiger partial charge < -0.3 is 11.1 Å². The molecule has 3 N–H and O–H groups in total. The molecule has 0 saturated carbocycles. The van der Waals surface area contributed by atoms with E-state index in [-0.39, 0.29) is 0 Å². The van der Waals surface area contributed by atoms with E-state index in [4.69, 9.17) is 5.73 Å². The standard InChI is InChI=1S/C13H24N2S/c1-13(2,3)6-12(7-14)9-15-8-11-4-5-16-10-11/h4-5,10,12,15H,6-9,14H2,1-3H3. The van der Waals surface area contributed by atoms with E-state index in [9.17, 15) is 0 Å². The topological polar surface area (TPSA) is 38.0 Å². The SMILES string of the molecule is CC(C)(C)CC(CN)CNCc1ccsc1. The van der Waals surface area contributed by atoms with Gasteiger partial charge in [0.05, 0.1) is 0 Å². The molecule has 1 aromatic heterocycles. The maximum atomic E-state index is 5.80. The van der Waals surface area contributed by atoms with Crippen LogP contribution in [-0.4, -0.2) is 13.1 Å². The van der Waals surface area contributed by atoms with Gasteiger partial charge >= 0.3 is 0 Å². The molecule has 1 unspecified atom stereocenters. The van der Waals surface area contributed by atoms with Crippen molar-refractivity contribution in [3.8, 4) is 0 Å². The average Bonchev–Trinajstić information content (AvgIpc) is 2.67. The van der Waals surface area contributed by atoms with E-state index < -0.39 is 0 Å². The van der Waals surface area contributed by atoms with Gasteiger partial charge in [-0.15, -0.1) is 0 Å². The molecule has 92 valence electrons. The highest BCUT2D eigenvalue weighted by atomic mass is 32.1. The minimum absolute atomic E-state index is 0.369. The second-order valence-corrected chi connectivity index (χ2v) is 6.41. The van der Waals surface area contributed by atoms with Crippen LogP contribution in [0.15, 0.2) is 16.8 Å². The summed E-state index contributed by atoms with van der Waals surface area (Å²) in [6.45, 7) is 9.57. The summed E-state index contributed by atoms with van der Waals surface area (Å²) in [4.78, 5) is 0. The van der Waals surface area contributed by atoms with Crippen LogP contribution in [0.5, 0.6) is 0 Å². The van der Waals surface area contributed by atoms with Crippen LogP contribution >= 0.6 is 11.3 Å². The zero-order valence-corrected chi connectivity index (χ0v) is 11.4. The van der Waals surface area contributed by atoms with E-state index in [0.29, 0.717) is 11.3 Å². The number of hydrogen-bond donors (Lipinski definition) is 2. The lowest BCUT2D eigenvalue weighted by Gasteiger charge is -2.25. The van der Waals surface area contributed by atoms with Crippen molar-refractivity contribution in [3.63, 3.8) is 0 Å². The molecule has 0 fully saturated rings. The van der Waals surface area contributed by atoms with Crippen molar-refractivity contribution < 1.29 is 0 Å². The van der Waals surface area contributed by atoms with Gasteiger partial charge in [0.15, 0.2) is 0 Å². The van der Waals surface area contributed by atoms with Gasteiger partial charge in [0.2, 0.25) is 0 Å². The Hall–Kier alpha value is -0.380. The highest BCUT2D eigenvalue weighted by Gasteiger charge is 2.17. The third-order valence-electron chi connectivity index (χ3n) is 2.58. The van der Waals surface area contributed by atoms with Crippen LogP contribution in [0.3, 0.4) is 0 Å². The second kappa shape index (κ2) is 6.38. The predicted molar refractivity (Wildman–Crippen MR) is 72.6 cm³/mol. The molecule has 0 amide bonds. The molecule has 0 aliphatic carbocycles. The summed E-state index contributed by atoms with van der Waals surface area (Å²) in [6.07, 6.45) is 1.18. The number of nitrogens with one attached hydrogen (secondary N) is 1. The molecular formula is C13H24N2S. The lowest BCUT2D eigenvalue weighted by molar-refractivity contribution is 0.289. The Morgan fingerprint density at radius 2 is 2.19 bits per heavy atom. The minimum atomic E-state index is 0.369. The van der Waals surface area contributed by atoms with Crippen LogP contribution in [0.2, 0.25) is 0 Å². The third kappa shape index (κ3) is 5.64. The Morgan fingerprint density at radius 1 is 1.44 bits per heavy atom. The summed E-state index contributed by atoms with van der Waals surface area (Å²) in [7, 11) is 0. The van der Waals surface area contributed by atoms with Gasteiger partial charge in [-0.05, 0) is 53.2 Å². The lowest BCUT2D eigenvalue weighted by atomic mass is 9.84. The highest BCUT2D eigenvalue weighted by molar-refractivity contribution is 7.07. The maximum absolute atomic E-state index is 5.80. The lowest BCUT2D eigenvalue weighted by Crippen LogP contribution is -2.30. The van der Waals surface area contributed by atoms with E-state index in [1.807, 2.05) is 0 Å². The Balaban J connectivity index is 2.24. The molecule has 0 saturated heterocycles. The fourth-order valence-corrected chi connectivity index (χ4v) is 2.59. The normalized spacial score (nSPS) is 14.0. The molecule has 16 heavy (non-hydrogen) atoms. The third-order valence-corrected chi connectivity index (χ3v) is 3.31. The van der Waals surface area contributed by atoms with Crippen molar-refractivity contribution in [1.82, 2.24) is 5.32 Å².